The topological polar surface area (TPSA) is 39.2 Å². The predicted octanol–water partition coefficient (Wildman–Crippen LogP) is 3.54. The Balaban J connectivity index is 3.01. The van der Waals surface area contributed by atoms with Gasteiger partial charge in [-0.15, -0.1) is 0 Å². The van der Waals surface area contributed by atoms with E-state index in [0.717, 1.165) is 6.07 Å². The van der Waals surface area contributed by atoms with Gasteiger partial charge >= 0.3 is 5.97 Å². The van der Waals surface area contributed by atoms with E-state index in [1.807, 2.05) is 0 Å². The minimum absolute atomic E-state index is 0.0938. The number of hydrogen-bond acceptors (Lipinski definition) is 3. The van der Waals surface area contributed by atoms with Crippen LogP contribution >= 0.6 is 27.5 Å². The largest absolute Gasteiger partial charge is 0.466 e. The second kappa shape index (κ2) is 6.26. The molecule has 0 aliphatic heterocycles. The van der Waals surface area contributed by atoms with Crippen molar-refractivity contribution in [2.45, 2.75) is 19.8 Å². The summed E-state index contributed by atoms with van der Waals surface area (Å²) >= 11 is 8.82. The molecule has 0 unspecified atom stereocenters. The summed E-state index contributed by atoms with van der Waals surface area (Å²) in [7, 11) is 0. The Morgan fingerprint density at radius 3 is 2.82 bits per heavy atom. The third-order valence-corrected chi connectivity index (χ3v) is 3.10. The lowest BCUT2D eigenvalue weighted by Gasteiger charge is -2.08. The standard InChI is InChI=1S/C10H9BrClF2NO2/c1-2-17-7(16)4-5-3-6(10(13)14)15-9(11)8(5)12/h3,10H,2,4H2,1H3. The van der Waals surface area contributed by atoms with Gasteiger partial charge < -0.3 is 4.74 Å². The van der Waals surface area contributed by atoms with Crippen LogP contribution in [0.1, 0.15) is 24.6 Å². The molecule has 0 bridgehead atoms. The Morgan fingerprint density at radius 2 is 2.29 bits per heavy atom. The number of esters is 1. The molecule has 0 atom stereocenters. The first-order valence-electron chi connectivity index (χ1n) is 4.74. The van der Waals surface area contributed by atoms with Crippen molar-refractivity contribution < 1.29 is 18.3 Å². The zero-order valence-corrected chi connectivity index (χ0v) is 11.2. The summed E-state index contributed by atoms with van der Waals surface area (Å²) in [4.78, 5) is 14.8. The first-order valence-corrected chi connectivity index (χ1v) is 5.91. The Labute approximate surface area is 110 Å². The van der Waals surface area contributed by atoms with Crippen molar-refractivity contribution in [1.29, 1.82) is 0 Å². The zero-order chi connectivity index (χ0) is 13.0. The fraction of sp³-hybridized carbons (Fsp3) is 0.400. The van der Waals surface area contributed by atoms with E-state index in [0.29, 0.717) is 0 Å². The lowest BCUT2D eigenvalue weighted by Crippen LogP contribution is -2.09. The lowest BCUT2D eigenvalue weighted by molar-refractivity contribution is -0.142. The normalized spacial score (nSPS) is 10.7. The fourth-order valence-electron chi connectivity index (χ4n) is 1.18. The molecule has 0 aliphatic rings. The Hall–Kier alpha value is -0.750. The highest BCUT2D eigenvalue weighted by molar-refractivity contribution is 9.10. The van der Waals surface area contributed by atoms with Gasteiger partial charge in [0.25, 0.3) is 6.43 Å². The van der Waals surface area contributed by atoms with E-state index in [1.165, 1.54) is 0 Å². The number of rotatable bonds is 4. The van der Waals surface area contributed by atoms with Crippen LogP contribution in [0, 0.1) is 0 Å². The van der Waals surface area contributed by atoms with Crippen molar-refractivity contribution in [3.05, 3.63) is 26.9 Å². The number of carbonyl (C=O) groups excluding carboxylic acids is 1. The molecule has 0 amide bonds. The first kappa shape index (κ1) is 14.3. The van der Waals surface area contributed by atoms with Crippen molar-refractivity contribution >= 4 is 33.5 Å². The molecular weight excluding hydrogens is 319 g/mol. The van der Waals surface area contributed by atoms with Crippen molar-refractivity contribution in [2.24, 2.45) is 0 Å². The number of halogens is 4. The van der Waals surface area contributed by atoms with Crippen LogP contribution in [0.2, 0.25) is 5.02 Å². The van der Waals surface area contributed by atoms with E-state index in [-0.39, 0.29) is 28.2 Å². The van der Waals surface area contributed by atoms with E-state index < -0.39 is 18.1 Å². The van der Waals surface area contributed by atoms with Crippen LogP contribution in [0.3, 0.4) is 0 Å². The van der Waals surface area contributed by atoms with Gasteiger partial charge in [-0.1, -0.05) is 11.6 Å². The van der Waals surface area contributed by atoms with Crippen molar-refractivity contribution in [3.8, 4) is 0 Å². The molecule has 0 aromatic carbocycles. The van der Waals surface area contributed by atoms with Crippen molar-refractivity contribution in [1.82, 2.24) is 4.98 Å². The van der Waals surface area contributed by atoms with E-state index in [9.17, 15) is 13.6 Å². The van der Waals surface area contributed by atoms with E-state index >= 15 is 0 Å². The smallest absolute Gasteiger partial charge is 0.310 e. The molecule has 0 spiro atoms. The third kappa shape index (κ3) is 3.89. The van der Waals surface area contributed by atoms with E-state index in [2.05, 4.69) is 20.9 Å². The van der Waals surface area contributed by atoms with Crippen LogP contribution in [0.25, 0.3) is 0 Å². The summed E-state index contributed by atoms with van der Waals surface area (Å²) < 4.78 is 29.8. The molecule has 0 saturated heterocycles. The minimum Gasteiger partial charge on any atom is -0.466 e. The lowest BCUT2D eigenvalue weighted by atomic mass is 10.1. The molecule has 0 N–H and O–H groups in total. The quantitative estimate of drug-likeness (QED) is 0.627. The Kier molecular flexibility index (Phi) is 5.27. The van der Waals surface area contributed by atoms with Gasteiger partial charge in [0, 0.05) is 0 Å². The molecular formula is C10H9BrClF2NO2. The third-order valence-electron chi connectivity index (χ3n) is 1.88. The number of hydrogen-bond donors (Lipinski definition) is 0. The molecule has 1 heterocycles. The van der Waals surface area contributed by atoms with Gasteiger partial charge in [0.15, 0.2) is 0 Å². The fourth-order valence-corrected chi connectivity index (χ4v) is 1.80. The van der Waals surface area contributed by atoms with Gasteiger partial charge in [-0.3, -0.25) is 4.79 Å². The van der Waals surface area contributed by atoms with Gasteiger partial charge in [0.1, 0.15) is 10.3 Å². The summed E-state index contributed by atoms with van der Waals surface area (Å²) in [6.07, 6.45) is -2.88. The number of ether oxygens (including phenoxy) is 1. The van der Waals surface area contributed by atoms with Crippen LogP contribution in [-0.2, 0) is 16.0 Å². The Bertz CT molecular complexity index is 429. The highest BCUT2D eigenvalue weighted by atomic mass is 79.9. The maximum Gasteiger partial charge on any atom is 0.310 e. The molecule has 1 rings (SSSR count). The molecule has 1 aromatic heterocycles. The molecule has 0 aliphatic carbocycles. The van der Waals surface area contributed by atoms with E-state index in [4.69, 9.17) is 16.3 Å². The monoisotopic (exact) mass is 327 g/mol. The van der Waals surface area contributed by atoms with Crippen LogP contribution < -0.4 is 0 Å². The number of pyridine rings is 1. The summed E-state index contributed by atoms with van der Waals surface area (Å²) in [6.45, 7) is 1.89. The van der Waals surface area contributed by atoms with Gasteiger partial charge in [-0.25, -0.2) is 13.8 Å². The summed E-state index contributed by atoms with van der Waals surface area (Å²) in [5, 5.41) is 0.141. The minimum atomic E-state index is -2.72. The number of carbonyl (C=O) groups is 1. The summed E-state index contributed by atoms with van der Waals surface area (Å²) in [5.74, 6) is -0.521. The molecule has 0 radical (unpaired) electrons. The Morgan fingerprint density at radius 1 is 1.65 bits per heavy atom. The molecule has 0 fully saturated rings. The van der Waals surface area contributed by atoms with Gasteiger partial charge in [0.05, 0.1) is 18.1 Å². The highest BCUT2D eigenvalue weighted by Crippen LogP contribution is 2.29. The molecule has 17 heavy (non-hydrogen) atoms. The molecule has 7 heteroatoms. The van der Waals surface area contributed by atoms with Crippen LogP contribution in [0.4, 0.5) is 8.78 Å². The second-order valence-corrected chi connectivity index (χ2v) is 4.22. The summed E-state index contributed by atoms with van der Waals surface area (Å²) in [6, 6.07) is 1.11. The highest BCUT2D eigenvalue weighted by Gasteiger charge is 2.17. The van der Waals surface area contributed by atoms with Gasteiger partial charge in [-0.05, 0) is 34.5 Å². The maximum absolute atomic E-state index is 12.5. The zero-order valence-electron chi connectivity index (χ0n) is 8.84. The number of nitrogens with zero attached hydrogens (tertiary/aromatic N) is 1. The molecule has 3 nitrogen and oxygen atoms in total. The van der Waals surface area contributed by atoms with Crippen LogP contribution in [0.5, 0.6) is 0 Å². The van der Waals surface area contributed by atoms with Crippen molar-refractivity contribution in [2.75, 3.05) is 6.61 Å². The number of alkyl halides is 2. The number of aromatic nitrogens is 1. The van der Waals surface area contributed by atoms with Gasteiger partial charge in [-0.2, -0.15) is 0 Å². The van der Waals surface area contributed by atoms with Gasteiger partial charge in [0.2, 0.25) is 0 Å². The molecule has 1 aromatic rings. The average Bonchev–Trinajstić information content (AvgIpc) is 2.24. The van der Waals surface area contributed by atoms with Crippen LogP contribution in [-0.4, -0.2) is 17.6 Å². The van der Waals surface area contributed by atoms with Crippen molar-refractivity contribution in [3.63, 3.8) is 0 Å². The van der Waals surface area contributed by atoms with E-state index in [1.54, 1.807) is 6.92 Å². The predicted molar refractivity (Wildman–Crippen MR) is 62.2 cm³/mol. The van der Waals surface area contributed by atoms with Crippen LogP contribution in [0.15, 0.2) is 10.7 Å². The maximum atomic E-state index is 12.5. The second-order valence-electron chi connectivity index (χ2n) is 3.09. The first-order chi connectivity index (χ1) is 7.95. The summed E-state index contributed by atoms with van der Waals surface area (Å²) in [5.41, 5.74) is -0.164. The molecule has 0 saturated carbocycles. The SMILES string of the molecule is CCOC(=O)Cc1cc(C(F)F)nc(Br)c1Cl. The average molecular weight is 329 g/mol. The molecule has 94 valence electrons.